The summed E-state index contributed by atoms with van der Waals surface area (Å²) in [6, 6.07) is 10.3. The summed E-state index contributed by atoms with van der Waals surface area (Å²) in [6.07, 6.45) is 0. The van der Waals surface area contributed by atoms with E-state index in [2.05, 4.69) is 35.0 Å². The number of rotatable bonds is 3. The summed E-state index contributed by atoms with van der Waals surface area (Å²) in [5.74, 6) is 0.836. The van der Waals surface area contributed by atoms with Crippen molar-refractivity contribution in [1.82, 2.24) is 4.98 Å². The van der Waals surface area contributed by atoms with Crippen LogP contribution in [0.4, 0.5) is 5.82 Å². The zero-order valence-corrected chi connectivity index (χ0v) is 11.6. The zero-order chi connectivity index (χ0) is 13.1. The van der Waals surface area contributed by atoms with Gasteiger partial charge in [-0.05, 0) is 37.6 Å². The molecule has 0 saturated heterocycles. The van der Waals surface area contributed by atoms with Crippen LogP contribution in [0.15, 0.2) is 24.3 Å². The highest BCUT2D eigenvalue weighted by molar-refractivity contribution is 7.11. The molecule has 0 aliphatic carbocycles. The third-order valence-corrected chi connectivity index (χ3v) is 3.75. The van der Waals surface area contributed by atoms with Crippen molar-refractivity contribution in [2.75, 3.05) is 11.9 Å². The van der Waals surface area contributed by atoms with E-state index < -0.39 is 0 Å². The van der Waals surface area contributed by atoms with E-state index in [1.807, 2.05) is 26.1 Å². The van der Waals surface area contributed by atoms with Gasteiger partial charge in [-0.3, -0.25) is 0 Å². The largest absolute Gasteiger partial charge is 0.354 e. The highest BCUT2D eigenvalue weighted by Gasteiger charge is 2.07. The number of nitrogens with zero attached hydrogens (tertiary/aromatic N) is 3. The Balaban J connectivity index is 2.19. The first-order chi connectivity index (χ1) is 8.60. The molecule has 18 heavy (non-hydrogen) atoms. The van der Waals surface area contributed by atoms with E-state index in [4.69, 9.17) is 5.26 Å². The molecular weight excluding hydrogens is 242 g/mol. The summed E-state index contributed by atoms with van der Waals surface area (Å²) in [6.45, 7) is 4.82. The molecule has 0 unspecified atom stereocenters. The Bertz CT molecular complexity index is 595. The third-order valence-electron chi connectivity index (χ3n) is 2.77. The normalized spacial score (nSPS) is 10.1. The molecule has 0 radical (unpaired) electrons. The first kappa shape index (κ1) is 12.6. The van der Waals surface area contributed by atoms with Crippen LogP contribution in [0.3, 0.4) is 0 Å². The standard InChI is InChI=1S/C14H15N3S/c1-10-4-7-14(16-13(10)8-15)17(3)9-12-6-5-11(2)18-12/h4-7H,9H2,1-3H3. The molecule has 0 aliphatic rings. The zero-order valence-electron chi connectivity index (χ0n) is 10.8. The second kappa shape index (κ2) is 5.19. The summed E-state index contributed by atoms with van der Waals surface area (Å²) in [5, 5.41) is 8.99. The van der Waals surface area contributed by atoms with Gasteiger partial charge in [-0.2, -0.15) is 5.26 Å². The monoisotopic (exact) mass is 257 g/mol. The molecule has 0 fully saturated rings. The number of anilines is 1. The molecular formula is C14H15N3S. The van der Waals surface area contributed by atoms with Crippen molar-refractivity contribution in [3.05, 3.63) is 45.3 Å². The number of thiophene rings is 1. The van der Waals surface area contributed by atoms with Gasteiger partial charge >= 0.3 is 0 Å². The number of pyridine rings is 1. The highest BCUT2D eigenvalue weighted by Crippen LogP contribution is 2.20. The first-order valence-corrected chi connectivity index (χ1v) is 6.56. The van der Waals surface area contributed by atoms with Gasteiger partial charge in [-0.25, -0.2) is 4.98 Å². The number of aromatic nitrogens is 1. The van der Waals surface area contributed by atoms with Crippen LogP contribution in [-0.4, -0.2) is 12.0 Å². The number of hydrogen-bond donors (Lipinski definition) is 0. The van der Waals surface area contributed by atoms with E-state index in [9.17, 15) is 0 Å². The number of hydrogen-bond acceptors (Lipinski definition) is 4. The summed E-state index contributed by atoms with van der Waals surface area (Å²) in [4.78, 5) is 9.04. The molecule has 0 amide bonds. The average molecular weight is 257 g/mol. The van der Waals surface area contributed by atoms with Crippen LogP contribution in [0.2, 0.25) is 0 Å². The van der Waals surface area contributed by atoms with Crippen LogP contribution in [0.1, 0.15) is 21.0 Å². The lowest BCUT2D eigenvalue weighted by molar-refractivity contribution is 0.908. The molecule has 2 aromatic rings. The molecule has 0 saturated carbocycles. The third kappa shape index (κ3) is 2.69. The Labute approximate surface area is 111 Å². The minimum absolute atomic E-state index is 0.502. The van der Waals surface area contributed by atoms with Crippen molar-refractivity contribution in [3.8, 4) is 6.07 Å². The minimum atomic E-state index is 0.502. The van der Waals surface area contributed by atoms with Crippen LogP contribution < -0.4 is 4.90 Å². The Morgan fingerprint density at radius 2 is 2.06 bits per heavy atom. The van der Waals surface area contributed by atoms with Crippen molar-refractivity contribution < 1.29 is 0 Å². The Morgan fingerprint density at radius 1 is 1.28 bits per heavy atom. The van der Waals surface area contributed by atoms with Crippen molar-refractivity contribution in [2.24, 2.45) is 0 Å². The van der Waals surface area contributed by atoms with Gasteiger partial charge in [0, 0.05) is 16.8 Å². The molecule has 2 heterocycles. The van der Waals surface area contributed by atoms with Crippen LogP contribution >= 0.6 is 11.3 Å². The first-order valence-electron chi connectivity index (χ1n) is 5.74. The number of aryl methyl sites for hydroxylation is 2. The lowest BCUT2D eigenvalue weighted by Crippen LogP contribution is -2.17. The van der Waals surface area contributed by atoms with Crippen molar-refractivity contribution in [1.29, 1.82) is 5.26 Å². The minimum Gasteiger partial charge on any atom is -0.354 e. The van der Waals surface area contributed by atoms with E-state index in [1.54, 1.807) is 11.3 Å². The van der Waals surface area contributed by atoms with Crippen LogP contribution in [0.25, 0.3) is 0 Å². The molecule has 0 aliphatic heterocycles. The smallest absolute Gasteiger partial charge is 0.145 e. The van der Waals surface area contributed by atoms with Gasteiger partial charge in [0.1, 0.15) is 17.6 Å². The van der Waals surface area contributed by atoms with Gasteiger partial charge < -0.3 is 4.90 Å². The van der Waals surface area contributed by atoms with Gasteiger partial charge in [0.15, 0.2) is 0 Å². The predicted octanol–water partition coefficient (Wildman–Crippen LogP) is 3.27. The maximum atomic E-state index is 8.99. The van der Waals surface area contributed by atoms with Gasteiger partial charge in [0.25, 0.3) is 0 Å². The topological polar surface area (TPSA) is 39.9 Å². The SMILES string of the molecule is Cc1ccc(CN(C)c2ccc(C)c(C#N)n2)s1. The fourth-order valence-electron chi connectivity index (χ4n) is 1.73. The van der Waals surface area contributed by atoms with Gasteiger partial charge in [-0.15, -0.1) is 11.3 Å². The maximum Gasteiger partial charge on any atom is 0.145 e. The molecule has 3 nitrogen and oxygen atoms in total. The second-order valence-electron chi connectivity index (χ2n) is 4.32. The quantitative estimate of drug-likeness (QED) is 0.847. The summed E-state index contributed by atoms with van der Waals surface area (Å²) in [7, 11) is 1.99. The molecule has 4 heteroatoms. The Hall–Kier alpha value is -1.86. The Morgan fingerprint density at radius 3 is 2.67 bits per heavy atom. The lowest BCUT2D eigenvalue weighted by Gasteiger charge is -2.17. The van der Waals surface area contributed by atoms with E-state index in [-0.39, 0.29) is 0 Å². The summed E-state index contributed by atoms with van der Waals surface area (Å²) < 4.78 is 0. The average Bonchev–Trinajstić information content (AvgIpc) is 2.75. The van der Waals surface area contributed by atoms with E-state index >= 15 is 0 Å². The van der Waals surface area contributed by atoms with E-state index in [0.29, 0.717) is 5.69 Å². The fraction of sp³-hybridized carbons (Fsp3) is 0.286. The van der Waals surface area contributed by atoms with E-state index in [0.717, 1.165) is 17.9 Å². The van der Waals surface area contributed by atoms with Gasteiger partial charge in [-0.1, -0.05) is 6.07 Å². The van der Waals surface area contributed by atoms with Crippen molar-refractivity contribution >= 4 is 17.2 Å². The van der Waals surface area contributed by atoms with Crippen LogP contribution in [-0.2, 0) is 6.54 Å². The molecule has 0 spiro atoms. The molecule has 0 atom stereocenters. The van der Waals surface area contributed by atoms with Crippen molar-refractivity contribution in [3.63, 3.8) is 0 Å². The summed E-state index contributed by atoms with van der Waals surface area (Å²) in [5.41, 5.74) is 1.42. The highest BCUT2D eigenvalue weighted by atomic mass is 32.1. The molecule has 0 aromatic carbocycles. The summed E-state index contributed by atoms with van der Waals surface area (Å²) >= 11 is 1.79. The van der Waals surface area contributed by atoms with Crippen molar-refractivity contribution in [2.45, 2.75) is 20.4 Å². The Kier molecular flexibility index (Phi) is 3.63. The fourth-order valence-corrected chi connectivity index (χ4v) is 2.67. The van der Waals surface area contributed by atoms with Crippen LogP contribution in [0.5, 0.6) is 0 Å². The predicted molar refractivity (Wildman–Crippen MR) is 74.9 cm³/mol. The molecule has 2 aromatic heterocycles. The molecule has 0 bridgehead atoms. The molecule has 2 rings (SSSR count). The maximum absolute atomic E-state index is 8.99. The molecule has 0 N–H and O–H groups in total. The van der Waals surface area contributed by atoms with E-state index in [1.165, 1.54) is 9.75 Å². The van der Waals surface area contributed by atoms with Crippen LogP contribution in [0, 0.1) is 25.2 Å². The molecule has 92 valence electrons. The van der Waals surface area contributed by atoms with Gasteiger partial charge in [0.2, 0.25) is 0 Å². The number of nitriles is 1. The van der Waals surface area contributed by atoms with Gasteiger partial charge in [0.05, 0.1) is 6.54 Å². The second-order valence-corrected chi connectivity index (χ2v) is 5.69. The lowest BCUT2D eigenvalue weighted by atomic mass is 10.2.